The van der Waals surface area contributed by atoms with Crippen molar-refractivity contribution in [1.82, 2.24) is 9.91 Å². The van der Waals surface area contributed by atoms with Crippen LogP contribution in [0.1, 0.15) is 23.8 Å². The van der Waals surface area contributed by atoms with Gasteiger partial charge in [0.15, 0.2) is 0 Å². The largest absolute Gasteiger partial charge is 0.467 e. The van der Waals surface area contributed by atoms with Gasteiger partial charge >= 0.3 is 0 Å². The molecule has 8 nitrogen and oxygen atoms in total. The number of rotatable bonds is 9. The second-order valence-corrected chi connectivity index (χ2v) is 6.77. The van der Waals surface area contributed by atoms with Gasteiger partial charge in [0.25, 0.3) is 5.91 Å². The Morgan fingerprint density at radius 2 is 2.00 bits per heavy atom. The molecule has 0 saturated heterocycles. The molecule has 0 radical (unpaired) electrons. The number of hydrazone groups is 1. The van der Waals surface area contributed by atoms with E-state index in [4.69, 9.17) is 13.9 Å². The van der Waals surface area contributed by atoms with Gasteiger partial charge in [-0.25, -0.2) is 9.40 Å². The van der Waals surface area contributed by atoms with E-state index in [-0.39, 0.29) is 43.9 Å². The van der Waals surface area contributed by atoms with Gasteiger partial charge in [0.05, 0.1) is 18.6 Å². The molecule has 0 bridgehead atoms. The van der Waals surface area contributed by atoms with Crippen molar-refractivity contribution < 1.29 is 27.9 Å². The third kappa shape index (κ3) is 5.11. The first-order valence-electron chi connectivity index (χ1n) is 9.48. The second-order valence-electron chi connectivity index (χ2n) is 6.77. The normalized spacial score (nSPS) is 15.9. The maximum absolute atomic E-state index is 13.3. The van der Waals surface area contributed by atoms with Crippen molar-refractivity contribution in [1.29, 1.82) is 0 Å². The molecule has 9 heteroatoms. The van der Waals surface area contributed by atoms with Crippen LogP contribution in [-0.2, 0) is 19.1 Å². The Morgan fingerprint density at radius 1 is 1.23 bits per heavy atom. The van der Waals surface area contributed by atoms with E-state index in [9.17, 15) is 14.0 Å². The van der Waals surface area contributed by atoms with Gasteiger partial charge in [-0.1, -0.05) is 12.1 Å². The fraction of sp³-hybridized carbons (Fsp3) is 0.381. The van der Waals surface area contributed by atoms with Crippen LogP contribution in [0.5, 0.6) is 0 Å². The molecule has 0 aliphatic carbocycles. The van der Waals surface area contributed by atoms with Crippen LogP contribution in [0.15, 0.2) is 52.2 Å². The summed E-state index contributed by atoms with van der Waals surface area (Å²) in [6.07, 6.45) is 1.94. The fourth-order valence-corrected chi connectivity index (χ4v) is 3.20. The molecule has 1 aromatic heterocycles. The summed E-state index contributed by atoms with van der Waals surface area (Å²) < 4.78 is 28.7. The number of carbonyl (C=O) groups is 2. The van der Waals surface area contributed by atoms with Crippen LogP contribution in [0.2, 0.25) is 0 Å². The molecule has 1 atom stereocenters. The van der Waals surface area contributed by atoms with E-state index in [2.05, 4.69) is 5.10 Å². The van der Waals surface area contributed by atoms with Crippen LogP contribution in [0.3, 0.4) is 0 Å². The minimum Gasteiger partial charge on any atom is -0.467 e. The molecule has 1 aliphatic heterocycles. The van der Waals surface area contributed by atoms with Crippen molar-refractivity contribution in [3.63, 3.8) is 0 Å². The molecule has 3 rings (SSSR count). The Hall–Kier alpha value is -3.04. The first kappa shape index (κ1) is 21.7. The maximum Gasteiger partial charge on any atom is 0.262 e. The van der Waals surface area contributed by atoms with Crippen molar-refractivity contribution >= 4 is 17.5 Å². The number of amides is 2. The summed E-state index contributed by atoms with van der Waals surface area (Å²) >= 11 is 0. The standard InChI is InChI=1S/C21H24FN3O5/c1-28-11-9-24(21(27)14-29-2)13-20(26)25-18(19-4-3-10-30-19)12-17(23-25)15-5-7-16(22)8-6-15/h3-8,10,18H,9,11-14H2,1-2H3/t18-/m0/s1. The van der Waals surface area contributed by atoms with Crippen molar-refractivity contribution in [2.75, 3.05) is 40.5 Å². The smallest absolute Gasteiger partial charge is 0.262 e. The molecular formula is C21H24FN3O5. The van der Waals surface area contributed by atoms with E-state index in [0.29, 0.717) is 17.9 Å². The molecule has 0 spiro atoms. The minimum atomic E-state index is -0.450. The van der Waals surface area contributed by atoms with Crippen molar-refractivity contribution in [2.24, 2.45) is 5.10 Å². The average Bonchev–Trinajstić information content (AvgIpc) is 3.41. The van der Waals surface area contributed by atoms with Gasteiger partial charge in [-0.05, 0) is 29.8 Å². The summed E-state index contributed by atoms with van der Waals surface area (Å²) in [7, 11) is 2.94. The highest BCUT2D eigenvalue weighted by Crippen LogP contribution is 2.33. The number of benzene rings is 1. The summed E-state index contributed by atoms with van der Waals surface area (Å²) in [6.45, 7) is 0.221. The van der Waals surface area contributed by atoms with Crippen LogP contribution in [0.4, 0.5) is 4.39 Å². The lowest BCUT2D eigenvalue weighted by atomic mass is 10.0. The van der Waals surface area contributed by atoms with E-state index in [1.165, 1.54) is 42.5 Å². The molecule has 1 aromatic carbocycles. The highest BCUT2D eigenvalue weighted by atomic mass is 19.1. The number of carbonyl (C=O) groups excluding carboxylic acids is 2. The lowest BCUT2D eigenvalue weighted by molar-refractivity contribution is -0.144. The highest BCUT2D eigenvalue weighted by Gasteiger charge is 2.35. The van der Waals surface area contributed by atoms with Crippen LogP contribution in [0, 0.1) is 5.82 Å². The van der Waals surface area contributed by atoms with Gasteiger partial charge in [-0.15, -0.1) is 0 Å². The molecule has 0 N–H and O–H groups in total. The molecule has 2 aromatic rings. The Morgan fingerprint density at radius 3 is 2.63 bits per heavy atom. The molecular weight excluding hydrogens is 393 g/mol. The number of hydrogen-bond acceptors (Lipinski definition) is 6. The molecule has 0 saturated carbocycles. The van der Waals surface area contributed by atoms with Gasteiger partial charge in [-0.2, -0.15) is 5.10 Å². The van der Waals surface area contributed by atoms with Gasteiger partial charge in [0.1, 0.15) is 30.8 Å². The molecule has 160 valence electrons. The topological polar surface area (TPSA) is 84.6 Å². The second kappa shape index (κ2) is 10.1. The summed E-state index contributed by atoms with van der Waals surface area (Å²) in [5, 5.41) is 5.81. The first-order valence-corrected chi connectivity index (χ1v) is 9.48. The lowest BCUT2D eigenvalue weighted by Crippen LogP contribution is -2.44. The predicted molar refractivity (Wildman–Crippen MR) is 106 cm³/mol. The van der Waals surface area contributed by atoms with Crippen molar-refractivity contribution in [3.8, 4) is 0 Å². The van der Waals surface area contributed by atoms with Crippen LogP contribution < -0.4 is 0 Å². The van der Waals surface area contributed by atoms with E-state index in [1.54, 1.807) is 24.3 Å². The van der Waals surface area contributed by atoms with E-state index < -0.39 is 6.04 Å². The average molecular weight is 417 g/mol. The number of nitrogens with zero attached hydrogens (tertiary/aromatic N) is 3. The third-order valence-corrected chi connectivity index (χ3v) is 4.73. The Balaban J connectivity index is 1.83. The van der Waals surface area contributed by atoms with Gasteiger partial charge in [0, 0.05) is 27.2 Å². The number of halogens is 1. The molecule has 2 amide bonds. The zero-order chi connectivity index (χ0) is 21.5. The monoisotopic (exact) mass is 417 g/mol. The molecule has 0 fully saturated rings. The quantitative estimate of drug-likeness (QED) is 0.625. The lowest BCUT2D eigenvalue weighted by Gasteiger charge is -2.25. The van der Waals surface area contributed by atoms with Crippen molar-refractivity contribution in [2.45, 2.75) is 12.5 Å². The van der Waals surface area contributed by atoms with Gasteiger partial charge < -0.3 is 18.8 Å². The molecule has 30 heavy (non-hydrogen) atoms. The summed E-state index contributed by atoms with van der Waals surface area (Å²) in [4.78, 5) is 26.8. The summed E-state index contributed by atoms with van der Waals surface area (Å²) in [5.41, 5.74) is 1.35. The van der Waals surface area contributed by atoms with E-state index in [0.717, 1.165) is 5.56 Å². The van der Waals surface area contributed by atoms with E-state index in [1.807, 2.05) is 0 Å². The predicted octanol–water partition coefficient (Wildman–Crippen LogP) is 2.22. The minimum absolute atomic E-state index is 0.136. The van der Waals surface area contributed by atoms with Gasteiger partial charge in [0.2, 0.25) is 5.91 Å². The number of hydrogen-bond donors (Lipinski definition) is 0. The maximum atomic E-state index is 13.3. The number of ether oxygens (including phenoxy) is 2. The van der Waals surface area contributed by atoms with Crippen LogP contribution >= 0.6 is 0 Å². The Labute approximate surface area is 173 Å². The molecule has 2 heterocycles. The van der Waals surface area contributed by atoms with Crippen molar-refractivity contribution in [3.05, 3.63) is 59.8 Å². The van der Waals surface area contributed by atoms with E-state index >= 15 is 0 Å². The summed E-state index contributed by atoms with van der Waals surface area (Å²) in [6, 6.07) is 8.99. The highest BCUT2D eigenvalue weighted by molar-refractivity contribution is 6.03. The Kier molecular flexibility index (Phi) is 7.31. The molecule has 1 aliphatic rings. The SMILES string of the molecule is COCCN(CC(=O)N1N=C(c2ccc(F)cc2)C[C@H]1c1ccco1)C(=O)COC. The number of furan rings is 1. The Bertz CT molecular complexity index is 883. The molecule has 0 unspecified atom stereocenters. The fourth-order valence-electron chi connectivity index (χ4n) is 3.20. The first-order chi connectivity index (χ1) is 14.5. The third-order valence-electron chi connectivity index (χ3n) is 4.73. The zero-order valence-corrected chi connectivity index (χ0v) is 16.9. The number of methoxy groups -OCH3 is 2. The van der Waals surface area contributed by atoms with Gasteiger partial charge in [-0.3, -0.25) is 9.59 Å². The van der Waals surface area contributed by atoms with Crippen LogP contribution in [0.25, 0.3) is 0 Å². The van der Waals surface area contributed by atoms with Crippen LogP contribution in [-0.4, -0.2) is 68.0 Å². The summed E-state index contributed by atoms with van der Waals surface area (Å²) in [5.74, 6) is -0.456. The zero-order valence-electron chi connectivity index (χ0n) is 16.9.